The van der Waals surface area contributed by atoms with Crippen LogP contribution in [0.1, 0.15) is 72.1 Å². The van der Waals surface area contributed by atoms with Gasteiger partial charge in [-0.25, -0.2) is 4.79 Å². The largest absolute Gasteiger partial charge is 0.433 e. The van der Waals surface area contributed by atoms with Gasteiger partial charge in [0.05, 0.1) is 6.10 Å². The molecule has 3 nitrogen and oxygen atoms in total. The van der Waals surface area contributed by atoms with Crippen molar-refractivity contribution in [1.82, 2.24) is 0 Å². The van der Waals surface area contributed by atoms with Crippen molar-refractivity contribution >= 4 is 5.97 Å². The Labute approximate surface area is 118 Å². The number of ether oxygens (including phenoxy) is 2. The molecule has 0 amide bonds. The van der Waals surface area contributed by atoms with Crippen LogP contribution in [0.3, 0.4) is 0 Å². The Morgan fingerprint density at radius 3 is 2.21 bits per heavy atom. The van der Waals surface area contributed by atoms with E-state index in [1.165, 1.54) is 44.6 Å². The van der Waals surface area contributed by atoms with E-state index in [0.717, 1.165) is 12.8 Å². The first-order valence-electron chi connectivity index (χ1n) is 7.58. The number of esters is 1. The summed E-state index contributed by atoms with van der Waals surface area (Å²) in [5, 5.41) is 0. The van der Waals surface area contributed by atoms with Gasteiger partial charge < -0.3 is 9.47 Å². The molecule has 0 aromatic carbocycles. The van der Waals surface area contributed by atoms with Crippen molar-refractivity contribution in [2.24, 2.45) is 0 Å². The fraction of sp³-hybridized carbons (Fsp3) is 0.812. The number of unbranched alkanes of at least 4 members (excludes halogenated alkanes) is 6. The first-order chi connectivity index (χ1) is 9.10. The second kappa shape index (κ2) is 12.2. The molecule has 0 N–H and O–H groups in total. The lowest BCUT2D eigenvalue weighted by atomic mass is 10.1. The molecule has 0 aliphatic heterocycles. The van der Waals surface area contributed by atoms with E-state index in [1.807, 2.05) is 13.8 Å². The topological polar surface area (TPSA) is 35.5 Å². The summed E-state index contributed by atoms with van der Waals surface area (Å²) in [6, 6.07) is 0. The second-order valence-electron chi connectivity index (χ2n) is 5.17. The average Bonchev–Trinajstić information content (AvgIpc) is 2.36. The SMILES string of the molecule is C=CC(=O)OC(CCCCCCCCC)OC(C)C. The van der Waals surface area contributed by atoms with Gasteiger partial charge in [0.25, 0.3) is 0 Å². The standard InChI is InChI=1S/C16H30O3/c1-5-7-8-9-10-11-12-13-16(18-14(3)4)19-15(17)6-2/h6,14,16H,2,5,7-13H2,1,3-4H3. The minimum atomic E-state index is -0.429. The van der Waals surface area contributed by atoms with Crippen molar-refractivity contribution in [3.8, 4) is 0 Å². The lowest BCUT2D eigenvalue weighted by molar-refractivity contribution is -0.182. The predicted octanol–water partition coefficient (Wildman–Crippen LogP) is 4.61. The molecule has 0 saturated carbocycles. The quantitative estimate of drug-likeness (QED) is 0.225. The maximum Gasteiger partial charge on any atom is 0.332 e. The summed E-state index contributed by atoms with van der Waals surface area (Å²) in [6.45, 7) is 9.51. The van der Waals surface area contributed by atoms with Gasteiger partial charge in [-0.2, -0.15) is 0 Å². The molecule has 0 saturated heterocycles. The van der Waals surface area contributed by atoms with Crippen molar-refractivity contribution in [3.63, 3.8) is 0 Å². The molecule has 0 aliphatic carbocycles. The van der Waals surface area contributed by atoms with Gasteiger partial charge in [0.15, 0.2) is 0 Å². The molecule has 0 fully saturated rings. The maximum absolute atomic E-state index is 11.2. The van der Waals surface area contributed by atoms with E-state index < -0.39 is 12.3 Å². The fourth-order valence-electron chi connectivity index (χ4n) is 1.90. The van der Waals surface area contributed by atoms with Crippen molar-refractivity contribution < 1.29 is 14.3 Å². The summed E-state index contributed by atoms with van der Waals surface area (Å²) in [6.07, 6.45) is 10.3. The number of rotatable bonds is 12. The lowest BCUT2D eigenvalue weighted by Gasteiger charge is -2.19. The van der Waals surface area contributed by atoms with Gasteiger partial charge in [-0.3, -0.25) is 0 Å². The van der Waals surface area contributed by atoms with Gasteiger partial charge in [0, 0.05) is 12.5 Å². The number of carbonyl (C=O) groups is 1. The Bertz CT molecular complexity index is 236. The van der Waals surface area contributed by atoms with Crippen LogP contribution >= 0.6 is 0 Å². The van der Waals surface area contributed by atoms with E-state index in [4.69, 9.17) is 9.47 Å². The van der Waals surface area contributed by atoms with Gasteiger partial charge in [-0.1, -0.05) is 52.0 Å². The van der Waals surface area contributed by atoms with Crippen LogP contribution in [0.15, 0.2) is 12.7 Å². The molecule has 0 bridgehead atoms. The zero-order valence-electron chi connectivity index (χ0n) is 12.8. The van der Waals surface area contributed by atoms with E-state index >= 15 is 0 Å². The molecular weight excluding hydrogens is 240 g/mol. The number of hydrogen-bond donors (Lipinski definition) is 0. The minimum absolute atomic E-state index is 0.0622. The monoisotopic (exact) mass is 270 g/mol. The first kappa shape index (κ1) is 18.2. The molecule has 0 aromatic rings. The molecule has 0 radical (unpaired) electrons. The molecule has 1 atom stereocenters. The molecule has 0 aliphatic rings. The number of hydrogen-bond acceptors (Lipinski definition) is 3. The van der Waals surface area contributed by atoms with Gasteiger partial charge in [0.2, 0.25) is 6.29 Å². The predicted molar refractivity (Wildman–Crippen MR) is 78.9 cm³/mol. The van der Waals surface area contributed by atoms with Crippen molar-refractivity contribution in [1.29, 1.82) is 0 Å². The van der Waals surface area contributed by atoms with Gasteiger partial charge in [-0.15, -0.1) is 0 Å². The zero-order chi connectivity index (χ0) is 14.5. The third kappa shape index (κ3) is 12.0. The maximum atomic E-state index is 11.2. The van der Waals surface area contributed by atoms with E-state index in [1.54, 1.807) is 0 Å². The van der Waals surface area contributed by atoms with Gasteiger partial charge in [0.1, 0.15) is 0 Å². The Hall–Kier alpha value is -0.830. The molecule has 0 aromatic heterocycles. The highest BCUT2D eigenvalue weighted by Gasteiger charge is 2.14. The van der Waals surface area contributed by atoms with E-state index in [-0.39, 0.29) is 6.10 Å². The summed E-state index contributed by atoms with van der Waals surface area (Å²) in [5.41, 5.74) is 0. The second-order valence-corrected chi connectivity index (χ2v) is 5.17. The van der Waals surface area contributed by atoms with Crippen molar-refractivity contribution in [2.75, 3.05) is 0 Å². The molecule has 19 heavy (non-hydrogen) atoms. The Morgan fingerprint density at radius 1 is 1.11 bits per heavy atom. The van der Waals surface area contributed by atoms with Crippen LogP contribution in [-0.2, 0) is 14.3 Å². The van der Waals surface area contributed by atoms with Crippen LogP contribution in [0.25, 0.3) is 0 Å². The highest BCUT2D eigenvalue weighted by Crippen LogP contribution is 2.13. The minimum Gasteiger partial charge on any atom is -0.433 e. The Kier molecular flexibility index (Phi) is 11.7. The van der Waals surface area contributed by atoms with E-state index in [9.17, 15) is 4.79 Å². The van der Waals surface area contributed by atoms with E-state index in [2.05, 4.69) is 13.5 Å². The van der Waals surface area contributed by atoms with Gasteiger partial charge >= 0.3 is 5.97 Å². The lowest BCUT2D eigenvalue weighted by Crippen LogP contribution is -2.23. The van der Waals surface area contributed by atoms with Crippen LogP contribution in [0.5, 0.6) is 0 Å². The summed E-state index contributed by atoms with van der Waals surface area (Å²) in [4.78, 5) is 11.2. The molecule has 3 heteroatoms. The summed E-state index contributed by atoms with van der Waals surface area (Å²) in [7, 11) is 0. The highest BCUT2D eigenvalue weighted by atomic mass is 16.7. The first-order valence-corrected chi connectivity index (χ1v) is 7.58. The van der Waals surface area contributed by atoms with Crippen molar-refractivity contribution in [2.45, 2.75) is 84.5 Å². The summed E-state index contributed by atoms with van der Waals surface area (Å²) < 4.78 is 10.8. The van der Waals surface area contributed by atoms with Crippen LogP contribution in [0, 0.1) is 0 Å². The van der Waals surface area contributed by atoms with Crippen LogP contribution in [0.4, 0.5) is 0 Å². The van der Waals surface area contributed by atoms with Crippen molar-refractivity contribution in [3.05, 3.63) is 12.7 Å². The highest BCUT2D eigenvalue weighted by molar-refractivity contribution is 5.81. The fourth-order valence-corrected chi connectivity index (χ4v) is 1.90. The Morgan fingerprint density at radius 2 is 1.68 bits per heavy atom. The zero-order valence-corrected chi connectivity index (χ0v) is 12.8. The Balaban J connectivity index is 3.73. The molecule has 1 unspecified atom stereocenters. The van der Waals surface area contributed by atoms with Crippen LogP contribution in [-0.4, -0.2) is 18.4 Å². The molecule has 112 valence electrons. The van der Waals surface area contributed by atoms with Gasteiger partial charge in [-0.05, 0) is 20.3 Å². The molecule has 0 rings (SSSR count). The molecular formula is C16H30O3. The van der Waals surface area contributed by atoms with Crippen LogP contribution in [0.2, 0.25) is 0 Å². The normalized spacial score (nSPS) is 12.4. The molecule has 0 spiro atoms. The van der Waals surface area contributed by atoms with E-state index in [0.29, 0.717) is 0 Å². The molecule has 0 heterocycles. The summed E-state index contributed by atoms with van der Waals surface area (Å²) >= 11 is 0. The summed E-state index contributed by atoms with van der Waals surface area (Å²) in [5.74, 6) is -0.409. The average molecular weight is 270 g/mol. The smallest absolute Gasteiger partial charge is 0.332 e. The third-order valence-electron chi connectivity index (χ3n) is 2.88. The van der Waals surface area contributed by atoms with Crippen LogP contribution < -0.4 is 0 Å². The third-order valence-corrected chi connectivity index (χ3v) is 2.88. The number of carbonyl (C=O) groups excluding carboxylic acids is 1.